The standard InChI is InChI=1S/C16H27N3O3/c1-14(22-11-10-21-9-5-8-17)12-19(16(18)20)13-15-6-3-2-4-7-15/h2-4,6-7,14H,5,8-13,17H2,1H3,(H2,18,20). The summed E-state index contributed by atoms with van der Waals surface area (Å²) in [6.45, 7) is 5.15. The van der Waals surface area contributed by atoms with E-state index in [-0.39, 0.29) is 6.10 Å². The second kappa shape index (κ2) is 11.0. The summed E-state index contributed by atoms with van der Waals surface area (Å²) >= 11 is 0. The highest BCUT2D eigenvalue weighted by atomic mass is 16.5. The van der Waals surface area contributed by atoms with Crippen LogP contribution in [0.5, 0.6) is 0 Å². The number of rotatable bonds is 11. The van der Waals surface area contributed by atoms with Crippen molar-refractivity contribution in [2.24, 2.45) is 11.5 Å². The van der Waals surface area contributed by atoms with Crippen molar-refractivity contribution in [3.63, 3.8) is 0 Å². The Morgan fingerprint density at radius 2 is 1.95 bits per heavy atom. The maximum atomic E-state index is 11.5. The molecule has 0 aliphatic rings. The van der Waals surface area contributed by atoms with Gasteiger partial charge in [-0.05, 0) is 25.5 Å². The van der Waals surface area contributed by atoms with Crippen LogP contribution in [0.25, 0.3) is 0 Å². The Hall–Kier alpha value is -1.63. The highest BCUT2D eigenvalue weighted by Crippen LogP contribution is 2.06. The van der Waals surface area contributed by atoms with E-state index in [1.807, 2.05) is 37.3 Å². The molecule has 0 aliphatic heterocycles. The zero-order valence-electron chi connectivity index (χ0n) is 13.2. The molecule has 6 heteroatoms. The lowest BCUT2D eigenvalue weighted by atomic mass is 10.2. The SMILES string of the molecule is CC(CN(Cc1ccccc1)C(N)=O)OCCOCCCN. The first-order chi connectivity index (χ1) is 10.6. The fourth-order valence-electron chi connectivity index (χ4n) is 1.99. The molecule has 22 heavy (non-hydrogen) atoms. The zero-order chi connectivity index (χ0) is 16.2. The number of hydrogen-bond donors (Lipinski definition) is 2. The van der Waals surface area contributed by atoms with E-state index in [1.54, 1.807) is 4.90 Å². The van der Waals surface area contributed by atoms with Gasteiger partial charge >= 0.3 is 6.03 Å². The molecule has 1 rings (SSSR count). The fraction of sp³-hybridized carbons (Fsp3) is 0.562. The van der Waals surface area contributed by atoms with Crippen LogP contribution in [0.2, 0.25) is 0 Å². The van der Waals surface area contributed by atoms with Crippen molar-refractivity contribution in [2.75, 3.05) is 32.9 Å². The van der Waals surface area contributed by atoms with E-state index >= 15 is 0 Å². The normalized spacial score (nSPS) is 12.1. The first kappa shape index (κ1) is 18.4. The molecular formula is C16H27N3O3. The molecule has 1 unspecified atom stereocenters. The van der Waals surface area contributed by atoms with Gasteiger partial charge in [0.2, 0.25) is 0 Å². The van der Waals surface area contributed by atoms with Crippen molar-refractivity contribution >= 4 is 6.03 Å². The van der Waals surface area contributed by atoms with Crippen molar-refractivity contribution in [2.45, 2.75) is 26.0 Å². The van der Waals surface area contributed by atoms with E-state index in [1.165, 1.54) is 0 Å². The predicted octanol–water partition coefficient (Wildman–Crippen LogP) is 1.34. The molecule has 6 nitrogen and oxygen atoms in total. The minimum Gasteiger partial charge on any atom is -0.379 e. The van der Waals surface area contributed by atoms with E-state index in [4.69, 9.17) is 20.9 Å². The van der Waals surface area contributed by atoms with Gasteiger partial charge in [-0.15, -0.1) is 0 Å². The first-order valence-corrected chi connectivity index (χ1v) is 7.61. The molecule has 1 atom stereocenters. The van der Waals surface area contributed by atoms with Crippen LogP contribution < -0.4 is 11.5 Å². The summed E-state index contributed by atoms with van der Waals surface area (Å²) in [7, 11) is 0. The monoisotopic (exact) mass is 309 g/mol. The third-order valence-corrected chi connectivity index (χ3v) is 3.13. The zero-order valence-corrected chi connectivity index (χ0v) is 13.2. The molecule has 0 fully saturated rings. The second-order valence-electron chi connectivity index (χ2n) is 5.14. The predicted molar refractivity (Wildman–Crippen MR) is 86.3 cm³/mol. The van der Waals surface area contributed by atoms with Gasteiger partial charge in [0, 0.05) is 19.7 Å². The Balaban J connectivity index is 2.29. The second-order valence-corrected chi connectivity index (χ2v) is 5.14. The van der Waals surface area contributed by atoms with Gasteiger partial charge in [-0.1, -0.05) is 30.3 Å². The summed E-state index contributed by atoms with van der Waals surface area (Å²) in [5.41, 5.74) is 11.9. The molecule has 124 valence electrons. The topological polar surface area (TPSA) is 90.8 Å². The number of carbonyl (C=O) groups excluding carboxylic acids is 1. The Morgan fingerprint density at radius 1 is 1.23 bits per heavy atom. The average Bonchev–Trinajstić information content (AvgIpc) is 2.51. The highest BCUT2D eigenvalue weighted by molar-refractivity contribution is 5.72. The number of primary amides is 1. The number of urea groups is 1. The van der Waals surface area contributed by atoms with Crippen LogP contribution in [-0.2, 0) is 16.0 Å². The van der Waals surface area contributed by atoms with Gasteiger partial charge in [0.05, 0.1) is 19.3 Å². The van der Waals surface area contributed by atoms with Crippen LogP contribution in [0, 0.1) is 0 Å². The maximum Gasteiger partial charge on any atom is 0.315 e. The number of nitrogens with two attached hydrogens (primary N) is 2. The summed E-state index contributed by atoms with van der Waals surface area (Å²) in [6.07, 6.45) is 0.747. The van der Waals surface area contributed by atoms with E-state index < -0.39 is 6.03 Å². The molecule has 0 aromatic heterocycles. The van der Waals surface area contributed by atoms with Crippen molar-refractivity contribution in [1.29, 1.82) is 0 Å². The van der Waals surface area contributed by atoms with E-state index in [0.29, 0.717) is 39.5 Å². The molecule has 0 heterocycles. The number of hydrogen-bond acceptors (Lipinski definition) is 4. The quantitative estimate of drug-likeness (QED) is 0.603. The maximum absolute atomic E-state index is 11.5. The largest absolute Gasteiger partial charge is 0.379 e. The summed E-state index contributed by atoms with van der Waals surface area (Å²) < 4.78 is 11.0. The Morgan fingerprint density at radius 3 is 2.59 bits per heavy atom. The number of benzene rings is 1. The van der Waals surface area contributed by atoms with E-state index in [9.17, 15) is 4.79 Å². The molecule has 0 radical (unpaired) electrons. The van der Waals surface area contributed by atoms with Crippen LogP contribution >= 0.6 is 0 Å². The summed E-state index contributed by atoms with van der Waals surface area (Å²) in [5, 5.41) is 0. The van der Waals surface area contributed by atoms with Crippen LogP contribution in [0.3, 0.4) is 0 Å². The lowest BCUT2D eigenvalue weighted by Gasteiger charge is -2.24. The van der Waals surface area contributed by atoms with Crippen molar-refractivity contribution in [3.05, 3.63) is 35.9 Å². The molecule has 0 aliphatic carbocycles. The van der Waals surface area contributed by atoms with Gasteiger partial charge in [-0.25, -0.2) is 4.79 Å². The van der Waals surface area contributed by atoms with Crippen LogP contribution in [-0.4, -0.2) is 49.9 Å². The summed E-state index contributed by atoms with van der Waals surface area (Å²) in [4.78, 5) is 13.1. The fourth-order valence-corrected chi connectivity index (χ4v) is 1.99. The molecule has 0 spiro atoms. The highest BCUT2D eigenvalue weighted by Gasteiger charge is 2.14. The van der Waals surface area contributed by atoms with Gasteiger partial charge in [-0.2, -0.15) is 0 Å². The smallest absolute Gasteiger partial charge is 0.315 e. The average molecular weight is 309 g/mol. The number of nitrogens with zero attached hydrogens (tertiary/aromatic N) is 1. The molecular weight excluding hydrogens is 282 g/mol. The number of amides is 2. The van der Waals surface area contributed by atoms with Gasteiger partial charge < -0.3 is 25.8 Å². The first-order valence-electron chi connectivity index (χ1n) is 7.61. The molecule has 0 saturated heterocycles. The van der Waals surface area contributed by atoms with Crippen LogP contribution in [0.4, 0.5) is 4.79 Å². The molecule has 2 amide bonds. The minimum absolute atomic E-state index is 0.102. The molecule has 0 saturated carbocycles. The number of carbonyl (C=O) groups is 1. The summed E-state index contributed by atoms with van der Waals surface area (Å²) in [5.74, 6) is 0. The van der Waals surface area contributed by atoms with E-state index in [0.717, 1.165) is 12.0 Å². The van der Waals surface area contributed by atoms with Crippen molar-refractivity contribution in [1.82, 2.24) is 4.90 Å². The Labute approximate surface area is 132 Å². The summed E-state index contributed by atoms with van der Waals surface area (Å²) in [6, 6.07) is 9.30. The molecule has 0 bridgehead atoms. The van der Waals surface area contributed by atoms with Gasteiger partial charge in [0.15, 0.2) is 0 Å². The third kappa shape index (κ3) is 7.97. The Bertz CT molecular complexity index is 414. The lowest BCUT2D eigenvalue weighted by Crippen LogP contribution is -2.40. The third-order valence-electron chi connectivity index (χ3n) is 3.13. The Kier molecular flexibility index (Phi) is 9.21. The van der Waals surface area contributed by atoms with Gasteiger partial charge in [-0.3, -0.25) is 0 Å². The minimum atomic E-state index is -0.446. The van der Waals surface area contributed by atoms with Crippen molar-refractivity contribution in [3.8, 4) is 0 Å². The lowest BCUT2D eigenvalue weighted by molar-refractivity contribution is 0.00199. The van der Waals surface area contributed by atoms with Crippen LogP contribution in [0.15, 0.2) is 30.3 Å². The van der Waals surface area contributed by atoms with Crippen molar-refractivity contribution < 1.29 is 14.3 Å². The van der Waals surface area contributed by atoms with Gasteiger partial charge in [0.25, 0.3) is 0 Å². The van der Waals surface area contributed by atoms with Gasteiger partial charge in [0.1, 0.15) is 0 Å². The number of ether oxygens (including phenoxy) is 2. The molecule has 1 aromatic rings. The van der Waals surface area contributed by atoms with Crippen LogP contribution in [0.1, 0.15) is 18.9 Å². The molecule has 4 N–H and O–H groups in total. The molecule has 1 aromatic carbocycles. The van der Waals surface area contributed by atoms with E-state index in [2.05, 4.69) is 0 Å².